The molecule has 0 bridgehead atoms. The maximum Gasteiger partial charge on any atom is 0.0703 e. The van der Waals surface area contributed by atoms with E-state index in [2.05, 4.69) is 13.8 Å². The van der Waals surface area contributed by atoms with Crippen LogP contribution in [-0.4, -0.2) is 23.9 Å². The second-order valence-corrected chi connectivity index (χ2v) is 4.36. The number of ether oxygens (including phenoxy) is 1. The molecular weight excluding hydrogens is 140 g/mol. The van der Waals surface area contributed by atoms with E-state index in [0.29, 0.717) is 12.0 Å². The Kier molecular flexibility index (Phi) is 1.52. The Morgan fingerprint density at radius 2 is 2.18 bits per heavy atom. The van der Waals surface area contributed by atoms with Gasteiger partial charge in [0.25, 0.3) is 0 Å². The maximum absolute atomic E-state index is 9.69. The molecule has 1 aliphatic heterocycles. The molecular formula is C9H16O2. The summed E-state index contributed by atoms with van der Waals surface area (Å²) in [5, 5.41) is 9.69. The molecule has 0 aromatic heterocycles. The van der Waals surface area contributed by atoms with Gasteiger partial charge in [-0.15, -0.1) is 0 Å². The van der Waals surface area contributed by atoms with Crippen LogP contribution in [0.4, 0.5) is 0 Å². The van der Waals surface area contributed by atoms with E-state index in [1.54, 1.807) is 0 Å². The molecule has 1 N–H and O–H groups in total. The van der Waals surface area contributed by atoms with Crippen molar-refractivity contribution in [2.24, 2.45) is 11.3 Å². The third-order valence-corrected chi connectivity index (χ3v) is 3.27. The first-order valence-electron chi connectivity index (χ1n) is 4.43. The van der Waals surface area contributed by atoms with Crippen molar-refractivity contribution >= 4 is 0 Å². The van der Waals surface area contributed by atoms with Gasteiger partial charge in [0.2, 0.25) is 0 Å². The van der Waals surface area contributed by atoms with Crippen LogP contribution in [0, 0.1) is 11.3 Å². The highest BCUT2D eigenvalue weighted by Gasteiger charge is 2.57. The SMILES string of the molecule is CC1(C)[C@H](O)[C@@H]2CCCO[C@@H]21. The predicted octanol–water partition coefficient (Wildman–Crippen LogP) is 1.18. The molecule has 11 heavy (non-hydrogen) atoms. The highest BCUT2D eigenvalue weighted by molar-refractivity contribution is 5.06. The molecule has 2 nitrogen and oxygen atoms in total. The van der Waals surface area contributed by atoms with E-state index in [4.69, 9.17) is 4.74 Å². The molecule has 0 amide bonds. The van der Waals surface area contributed by atoms with E-state index in [9.17, 15) is 5.11 Å². The third kappa shape index (κ3) is 0.859. The first-order valence-corrected chi connectivity index (χ1v) is 4.43. The molecule has 0 aromatic rings. The van der Waals surface area contributed by atoms with Crippen LogP contribution in [0.5, 0.6) is 0 Å². The van der Waals surface area contributed by atoms with E-state index in [0.717, 1.165) is 19.4 Å². The molecule has 0 aromatic carbocycles. The second-order valence-electron chi connectivity index (χ2n) is 4.36. The molecule has 1 heterocycles. The summed E-state index contributed by atoms with van der Waals surface area (Å²) in [6.07, 6.45) is 2.46. The summed E-state index contributed by atoms with van der Waals surface area (Å²) in [4.78, 5) is 0. The minimum absolute atomic E-state index is 0.00505. The van der Waals surface area contributed by atoms with Crippen molar-refractivity contribution in [3.8, 4) is 0 Å². The molecule has 2 heteroatoms. The molecule has 2 rings (SSSR count). The van der Waals surface area contributed by atoms with Crippen molar-refractivity contribution in [3.63, 3.8) is 0 Å². The zero-order valence-corrected chi connectivity index (χ0v) is 7.21. The highest BCUT2D eigenvalue weighted by Crippen LogP contribution is 2.50. The summed E-state index contributed by atoms with van der Waals surface area (Å²) in [7, 11) is 0. The van der Waals surface area contributed by atoms with Crippen LogP contribution in [0.1, 0.15) is 26.7 Å². The molecule has 2 aliphatic rings. The number of fused-ring (bicyclic) bond motifs is 1. The largest absolute Gasteiger partial charge is 0.392 e. The van der Waals surface area contributed by atoms with Crippen molar-refractivity contribution in [2.75, 3.05) is 6.61 Å². The highest BCUT2D eigenvalue weighted by atomic mass is 16.5. The van der Waals surface area contributed by atoms with E-state index in [1.165, 1.54) is 0 Å². The Balaban J connectivity index is 2.09. The third-order valence-electron chi connectivity index (χ3n) is 3.27. The van der Waals surface area contributed by atoms with Gasteiger partial charge in [-0.25, -0.2) is 0 Å². The number of aliphatic hydroxyl groups is 1. The lowest BCUT2D eigenvalue weighted by Gasteiger charge is -2.57. The van der Waals surface area contributed by atoms with Crippen LogP contribution in [0.2, 0.25) is 0 Å². The summed E-state index contributed by atoms with van der Waals surface area (Å²) < 4.78 is 5.60. The first kappa shape index (κ1) is 7.56. The van der Waals surface area contributed by atoms with E-state index >= 15 is 0 Å². The van der Waals surface area contributed by atoms with Gasteiger partial charge in [0, 0.05) is 17.9 Å². The summed E-state index contributed by atoms with van der Waals surface area (Å²) >= 11 is 0. The number of hydrogen-bond donors (Lipinski definition) is 1. The normalized spacial score (nSPS) is 47.7. The van der Waals surface area contributed by atoms with Gasteiger partial charge in [-0.05, 0) is 12.8 Å². The Bertz CT molecular complexity index is 165. The fraction of sp³-hybridized carbons (Fsp3) is 1.00. The van der Waals surface area contributed by atoms with Crippen LogP contribution in [0.15, 0.2) is 0 Å². The molecule has 0 unspecified atom stereocenters. The van der Waals surface area contributed by atoms with Crippen LogP contribution in [-0.2, 0) is 4.74 Å². The van der Waals surface area contributed by atoms with Crippen LogP contribution < -0.4 is 0 Å². The van der Waals surface area contributed by atoms with Gasteiger partial charge in [-0.2, -0.15) is 0 Å². The molecule has 1 saturated heterocycles. The number of hydrogen-bond acceptors (Lipinski definition) is 2. The predicted molar refractivity (Wildman–Crippen MR) is 42.3 cm³/mol. The van der Waals surface area contributed by atoms with Gasteiger partial charge in [-0.3, -0.25) is 0 Å². The summed E-state index contributed by atoms with van der Waals surface area (Å²) in [6, 6.07) is 0. The summed E-state index contributed by atoms with van der Waals surface area (Å²) in [6.45, 7) is 5.06. The molecule has 1 aliphatic carbocycles. The van der Waals surface area contributed by atoms with Gasteiger partial charge >= 0.3 is 0 Å². The second kappa shape index (κ2) is 2.20. The zero-order valence-electron chi connectivity index (χ0n) is 7.21. The van der Waals surface area contributed by atoms with E-state index < -0.39 is 0 Å². The lowest BCUT2D eigenvalue weighted by molar-refractivity contribution is -0.244. The van der Waals surface area contributed by atoms with E-state index in [1.807, 2.05) is 0 Å². The summed E-state index contributed by atoms with van der Waals surface area (Å²) in [5.41, 5.74) is 0.00505. The van der Waals surface area contributed by atoms with Gasteiger partial charge in [0.15, 0.2) is 0 Å². The Morgan fingerprint density at radius 1 is 1.45 bits per heavy atom. The van der Waals surface area contributed by atoms with Crippen LogP contribution >= 0.6 is 0 Å². The summed E-state index contributed by atoms with van der Waals surface area (Å²) in [5.74, 6) is 0.429. The maximum atomic E-state index is 9.69. The van der Waals surface area contributed by atoms with Crippen LogP contribution in [0.3, 0.4) is 0 Å². The average molecular weight is 156 g/mol. The van der Waals surface area contributed by atoms with Crippen molar-refractivity contribution < 1.29 is 9.84 Å². The van der Waals surface area contributed by atoms with Crippen molar-refractivity contribution in [2.45, 2.75) is 38.9 Å². The average Bonchev–Trinajstić information content (AvgIpc) is 2.04. The van der Waals surface area contributed by atoms with Crippen molar-refractivity contribution in [3.05, 3.63) is 0 Å². The number of aliphatic hydroxyl groups excluding tert-OH is 1. The van der Waals surface area contributed by atoms with Gasteiger partial charge in [0.05, 0.1) is 12.2 Å². The fourth-order valence-corrected chi connectivity index (χ4v) is 2.50. The van der Waals surface area contributed by atoms with Crippen molar-refractivity contribution in [1.82, 2.24) is 0 Å². The van der Waals surface area contributed by atoms with Crippen molar-refractivity contribution in [1.29, 1.82) is 0 Å². The fourth-order valence-electron chi connectivity index (χ4n) is 2.50. The Hall–Kier alpha value is -0.0800. The lowest BCUT2D eigenvalue weighted by atomic mass is 9.57. The first-order chi connectivity index (χ1) is 5.14. The van der Waals surface area contributed by atoms with E-state index in [-0.39, 0.29) is 11.5 Å². The Labute approximate surface area is 67.6 Å². The Morgan fingerprint density at radius 3 is 2.82 bits per heavy atom. The van der Waals surface area contributed by atoms with Gasteiger partial charge in [-0.1, -0.05) is 13.8 Å². The minimum Gasteiger partial charge on any atom is -0.392 e. The number of rotatable bonds is 0. The monoisotopic (exact) mass is 156 g/mol. The smallest absolute Gasteiger partial charge is 0.0703 e. The topological polar surface area (TPSA) is 29.5 Å². The molecule has 1 saturated carbocycles. The minimum atomic E-state index is -0.132. The molecule has 0 spiro atoms. The van der Waals surface area contributed by atoms with Gasteiger partial charge < -0.3 is 9.84 Å². The molecule has 2 fully saturated rings. The molecule has 64 valence electrons. The molecule has 3 atom stereocenters. The lowest BCUT2D eigenvalue weighted by Crippen LogP contribution is -2.64. The quantitative estimate of drug-likeness (QED) is 0.570. The van der Waals surface area contributed by atoms with Crippen LogP contribution in [0.25, 0.3) is 0 Å². The standard InChI is InChI=1S/C9H16O2/c1-9(2)7(10)6-4-3-5-11-8(6)9/h6-8,10H,3-5H2,1-2H3/t6-,7+,8-/m0/s1. The molecule has 0 radical (unpaired) electrons. The van der Waals surface area contributed by atoms with Gasteiger partial charge in [0.1, 0.15) is 0 Å². The zero-order chi connectivity index (χ0) is 8.06.